The molecule has 4 heterocycles. The first-order chi connectivity index (χ1) is 15.7. The van der Waals surface area contributed by atoms with Gasteiger partial charge >= 0.3 is 0 Å². The average molecular weight is 448 g/mol. The Morgan fingerprint density at radius 1 is 1.12 bits per heavy atom. The van der Waals surface area contributed by atoms with E-state index in [9.17, 15) is 4.79 Å². The molecular formula is C22H21N7O2S. The number of carbonyl (C=O) groups is 1. The molecule has 0 radical (unpaired) electrons. The predicted octanol–water partition coefficient (Wildman–Crippen LogP) is 2.95. The van der Waals surface area contributed by atoms with Gasteiger partial charge < -0.3 is 20.3 Å². The van der Waals surface area contributed by atoms with E-state index in [1.165, 1.54) is 0 Å². The minimum Gasteiger partial charge on any atom is -0.493 e. The maximum Gasteiger partial charge on any atom is 0.255 e. The zero-order valence-corrected chi connectivity index (χ0v) is 18.2. The minimum absolute atomic E-state index is 0.00741. The van der Waals surface area contributed by atoms with Gasteiger partial charge in [0.15, 0.2) is 5.75 Å². The lowest BCUT2D eigenvalue weighted by atomic mass is 10.1. The van der Waals surface area contributed by atoms with Gasteiger partial charge in [-0.05, 0) is 24.3 Å². The monoisotopic (exact) mass is 447 g/mol. The van der Waals surface area contributed by atoms with E-state index < -0.39 is 0 Å². The molecule has 0 bridgehead atoms. The Bertz CT molecular complexity index is 1250. The number of carbonyl (C=O) groups excluding carboxylic acids is 1. The molecule has 1 amide bonds. The number of hydrogen-bond donors (Lipinski definition) is 2. The summed E-state index contributed by atoms with van der Waals surface area (Å²) in [5.41, 5.74) is 4.91. The summed E-state index contributed by atoms with van der Waals surface area (Å²) in [4.78, 5) is 32.1. The number of pyridine rings is 1. The van der Waals surface area contributed by atoms with Crippen LogP contribution in [0.4, 0.5) is 11.8 Å². The number of ether oxygens (including phenoxy) is 1. The predicted molar refractivity (Wildman–Crippen MR) is 123 cm³/mol. The van der Waals surface area contributed by atoms with Crippen molar-refractivity contribution in [2.24, 2.45) is 0 Å². The minimum atomic E-state index is -0.00741. The molecular weight excluding hydrogens is 426 g/mol. The van der Waals surface area contributed by atoms with Gasteiger partial charge in [-0.3, -0.25) is 4.79 Å². The highest BCUT2D eigenvalue weighted by molar-refractivity contribution is 7.16. The molecule has 0 unspecified atom stereocenters. The Morgan fingerprint density at radius 2 is 2.00 bits per heavy atom. The quantitative estimate of drug-likeness (QED) is 0.481. The summed E-state index contributed by atoms with van der Waals surface area (Å²) in [5, 5.41) is 6.35. The molecule has 1 fully saturated rings. The van der Waals surface area contributed by atoms with Crippen molar-refractivity contribution >= 4 is 39.2 Å². The van der Waals surface area contributed by atoms with E-state index >= 15 is 0 Å². The van der Waals surface area contributed by atoms with Crippen LogP contribution in [0, 0.1) is 0 Å². The highest BCUT2D eigenvalue weighted by Crippen LogP contribution is 2.31. The van der Waals surface area contributed by atoms with Gasteiger partial charge in [0.2, 0.25) is 5.95 Å². The molecule has 1 aromatic carbocycles. The normalized spacial score (nSPS) is 13.8. The Morgan fingerprint density at radius 3 is 2.78 bits per heavy atom. The molecule has 0 atom stereocenters. The van der Waals surface area contributed by atoms with Gasteiger partial charge in [0.1, 0.15) is 11.5 Å². The third-order valence-corrected chi connectivity index (χ3v) is 6.03. The van der Waals surface area contributed by atoms with E-state index in [0.29, 0.717) is 41.9 Å². The van der Waals surface area contributed by atoms with Crippen LogP contribution in [0.1, 0.15) is 10.4 Å². The van der Waals surface area contributed by atoms with Gasteiger partial charge in [0.25, 0.3) is 5.91 Å². The van der Waals surface area contributed by atoms with Gasteiger partial charge in [0.05, 0.1) is 34.6 Å². The Hall–Kier alpha value is -3.63. The second-order valence-corrected chi connectivity index (χ2v) is 8.13. The fourth-order valence-corrected chi connectivity index (χ4v) is 4.27. The number of nitrogens with one attached hydrogen (secondary N) is 2. The standard InChI is InChI=1S/C22H21N7O2S/c1-31-17-12-25-22(28-20(17)14-2-4-16-18(10-14)32-13-26-16)27-19-5-3-15(11-24-19)21(30)29-8-6-23-7-9-29/h2-5,10-13,23H,6-9H2,1H3,(H,24,25,27,28). The van der Waals surface area contributed by atoms with Crippen LogP contribution in [0.5, 0.6) is 5.75 Å². The van der Waals surface area contributed by atoms with Crippen LogP contribution in [0.25, 0.3) is 21.5 Å². The molecule has 4 aromatic rings. The molecule has 1 aliphatic heterocycles. The molecule has 0 aliphatic carbocycles. The Kier molecular flexibility index (Phi) is 5.61. The van der Waals surface area contributed by atoms with E-state index in [0.717, 1.165) is 28.9 Å². The van der Waals surface area contributed by atoms with Crippen molar-refractivity contribution in [2.45, 2.75) is 0 Å². The maximum atomic E-state index is 12.6. The summed E-state index contributed by atoms with van der Waals surface area (Å²) in [6.07, 6.45) is 3.21. The van der Waals surface area contributed by atoms with Gasteiger partial charge in [-0.15, -0.1) is 11.3 Å². The molecule has 1 saturated heterocycles. The van der Waals surface area contributed by atoms with E-state index in [1.54, 1.807) is 43.0 Å². The fraction of sp³-hybridized carbons (Fsp3) is 0.227. The molecule has 9 nitrogen and oxygen atoms in total. The number of nitrogens with zero attached hydrogens (tertiary/aromatic N) is 5. The van der Waals surface area contributed by atoms with Crippen molar-refractivity contribution in [3.63, 3.8) is 0 Å². The van der Waals surface area contributed by atoms with Crippen LogP contribution in [-0.2, 0) is 0 Å². The SMILES string of the molecule is COc1cnc(Nc2ccc(C(=O)N3CCNCC3)cn2)nc1-c1ccc2ncsc2c1. The molecule has 32 heavy (non-hydrogen) atoms. The number of fused-ring (bicyclic) bond motifs is 1. The first-order valence-corrected chi connectivity index (χ1v) is 11.1. The number of amides is 1. The highest BCUT2D eigenvalue weighted by atomic mass is 32.1. The van der Waals surface area contributed by atoms with E-state index in [4.69, 9.17) is 4.74 Å². The molecule has 0 spiro atoms. The Balaban J connectivity index is 1.37. The van der Waals surface area contributed by atoms with Gasteiger partial charge in [-0.2, -0.15) is 0 Å². The molecule has 10 heteroatoms. The van der Waals surface area contributed by atoms with E-state index in [2.05, 4.69) is 30.6 Å². The zero-order valence-electron chi connectivity index (χ0n) is 17.4. The topological polar surface area (TPSA) is 105 Å². The second-order valence-electron chi connectivity index (χ2n) is 7.24. The number of thiazole rings is 1. The number of methoxy groups -OCH3 is 1. The first-order valence-electron chi connectivity index (χ1n) is 10.2. The molecule has 162 valence electrons. The number of piperazine rings is 1. The van der Waals surface area contributed by atoms with Crippen LogP contribution in [0.15, 0.2) is 48.2 Å². The number of aromatic nitrogens is 4. The van der Waals surface area contributed by atoms with Gasteiger partial charge in [0, 0.05) is 37.9 Å². The number of rotatable bonds is 5. The number of benzene rings is 1. The third kappa shape index (κ3) is 4.10. The van der Waals surface area contributed by atoms with Crippen molar-refractivity contribution in [1.82, 2.24) is 30.2 Å². The van der Waals surface area contributed by atoms with E-state index in [1.807, 2.05) is 28.6 Å². The summed E-state index contributed by atoms with van der Waals surface area (Å²) < 4.78 is 6.54. The lowest BCUT2D eigenvalue weighted by Crippen LogP contribution is -2.46. The second kappa shape index (κ2) is 8.85. The third-order valence-electron chi connectivity index (χ3n) is 5.23. The van der Waals surface area contributed by atoms with Crippen LogP contribution < -0.4 is 15.4 Å². The van der Waals surface area contributed by atoms with Crippen LogP contribution in [0.3, 0.4) is 0 Å². The Labute approximate surface area is 188 Å². The van der Waals surface area contributed by atoms with Crippen molar-refractivity contribution in [2.75, 3.05) is 38.6 Å². The number of anilines is 2. The van der Waals surface area contributed by atoms with Crippen LogP contribution in [-0.4, -0.2) is 64.0 Å². The average Bonchev–Trinajstić information content (AvgIpc) is 3.32. The molecule has 5 rings (SSSR count). The molecule has 1 aliphatic rings. The van der Waals surface area contributed by atoms with Crippen molar-refractivity contribution in [3.8, 4) is 17.0 Å². The van der Waals surface area contributed by atoms with Gasteiger partial charge in [-0.25, -0.2) is 19.9 Å². The maximum absolute atomic E-state index is 12.6. The highest BCUT2D eigenvalue weighted by Gasteiger charge is 2.18. The van der Waals surface area contributed by atoms with E-state index in [-0.39, 0.29) is 5.91 Å². The van der Waals surface area contributed by atoms with Gasteiger partial charge in [-0.1, -0.05) is 6.07 Å². The number of hydrogen-bond acceptors (Lipinski definition) is 9. The van der Waals surface area contributed by atoms with Crippen LogP contribution >= 0.6 is 11.3 Å². The molecule has 0 saturated carbocycles. The van der Waals surface area contributed by atoms with Crippen LogP contribution in [0.2, 0.25) is 0 Å². The summed E-state index contributed by atoms with van der Waals surface area (Å²) in [6, 6.07) is 9.49. The van der Waals surface area contributed by atoms with Crippen molar-refractivity contribution in [1.29, 1.82) is 0 Å². The fourth-order valence-electron chi connectivity index (χ4n) is 3.55. The zero-order chi connectivity index (χ0) is 21.9. The summed E-state index contributed by atoms with van der Waals surface area (Å²) >= 11 is 1.57. The molecule has 2 N–H and O–H groups in total. The summed E-state index contributed by atoms with van der Waals surface area (Å²) in [7, 11) is 1.59. The van der Waals surface area contributed by atoms with Crippen molar-refractivity contribution in [3.05, 3.63) is 53.8 Å². The lowest BCUT2D eigenvalue weighted by Gasteiger charge is -2.27. The summed E-state index contributed by atoms with van der Waals surface area (Å²) in [6.45, 7) is 3.03. The summed E-state index contributed by atoms with van der Waals surface area (Å²) in [5.74, 6) is 1.51. The lowest BCUT2D eigenvalue weighted by molar-refractivity contribution is 0.0735. The van der Waals surface area contributed by atoms with Crippen molar-refractivity contribution < 1.29 is 9.53 Å². The first kappa shape index (κ1) is 20.3. The molecule has 3 aromatic heterocycles. The largest absolute Gasteiger partial charge is 0.493 e. The smallest absolute Gasteiger partial charge is 0.255 e.